The predicted molar refractivity (Wildman–Crippen MR) is 150 cm³/mol. The van der Waals surface area contributed by atoms with E-state index < -0.39 is 47.9 Å². The average molecular weight is 559 g/mol. The first-order valence-electron chi connectivity index (χ1n) is 13.6. The van der Waals surface area contributed by atoms with Gasteiger partial charge in [0.2, 0.25) is 17.7 Å². The second-order valence-electron chi connectivity index (χ2n) is 9.67. The molecule has 40 heavy (non-hydrogen) atoms. The summed E-state index contributed by atoms with van der Waals surface area (Å²) in [6.45, 7) is 0.826. The number of carboxylic acid groups (broad SMARTS) is 1. The van der Waals surface area contributed by atoms with Crippen LogP contribution in [0.3, 0.4) is 0 Å². The molecule has 0 spiro atoms. The third kappa shape index (κ3) is 11.5. The van der Waals surface area contributed by atoms with Crippen molar-refractivity contribution in [1.82, 2.24) is 25.9 Å². The standard InChI is InChI=1S/C27H42N8O5/c28-12-6-4-10-21(33-24(36)20(30)14-18-8-2-1-3-9-18)25(37)35-23(15-19-16-31-17-32-19)26(38)34-22(27(39)40)11-5-7-13-29/h1-3,8-9,16-17,20-23H,4-7,10-15,28-30H2,(H,31,32)(H,33,36)(H,34,38)(H,35,37)(H,39,40). The van der Waals surface area contributed by atoms with Crippen LogP contribution in [0.15, 0.2) is 42.9 Å². The minimum absolute atomic E-state index is 0.0314. The van der Waals surface area contributed by atoms with Crippen LogP contribution >= 0.6 is 0 Å². The number of benzene rings is 1. The number of imidazole rings is 1. The van der Waals surface area contributed by atoms with Crippen LogP contribution in [0.5, 0.6) is 0 Å². The van der Waals surface area contributed by atoms with Gasteiger partial charge in [-0.3, -0.25) is 14.4 Å². The van der Waals surface area contributed by atoms with E-state index in [9.17, 15) is 24.3 Å². The fourth-order valence-corrected chi connectivity index (χ4v) is 4.12. The van der Waals surface area contributed by atoms with Crippen LogP contribution in [0.25, 0.3) is 0 Å². The maximum atomic E-state index is 13.4. The van der Waals surface area contributed by atoms with Crippen LogP contribution in [-0.2, 0) is 32.0 Å². The summed E-state index contributed by atoms with van der Waals surface area (Å²) in [5.41, 5.74) is 18.7. The van der Waals surface area contributed by atoms with E-state index in [0.717, 1.165) is 5.56 Å². The molecule has 0 aliphatic carbocycles. The zero-order valence-electron chi connectivity index (χ0n) is 22.7. The molecule has 2 aromatic rings. The number of nitrogens with one attached hydrogen (secondary N) is 4. The van der Waals surface area contributed by atoms with Crippen molar-refractivity contribution < 1.29 is 24.3 Å². The summed E-state index contributed by atoms with van der Waals surface area (Å²) >= 11 is 0. The Kier molecular flexibility index (Phi) is 14.3. The van der Waals surface area contributed by atoms with Gasteiger partial charge in [0, 0.05) is 18.3 Å². The number of carboxylic acids is 1. The van der Waals surface area contributed by atoms with Crippen molar-refractivity contribution in [3.63, 3.8) is 0 Å². The number of nitrogens with two attached hydrogens (primary N) is 3. The lowest BCUT2D eigenvalue weighted by Gasteiger charge is -2.25. The summed E-state index contributed by atoms with van der Waals surface area (Å²) in [6, 6.07) is 5.14. The highest BCUT2D eigenvalue weighted by atomic mass is 16.4. The summed E-state index contributed by atoms with van der Waals surface area (Å²) in [5.74, 6) is -2.95. The SMILES string of the molecule is NCCCCC(NC(=O)C(Cc1cnc[nH]1)NC(=O)C(CCCCN)NC(=O)C(N)Cc1ccccc1)C(=O)O. The number of nitrogens with zero attached hydrogens (tertiary/aromatic N) is 1. The molecule has 11 N–H and O–H groups in total. The zero-order valence-corrected chi connectivity index (χ0v) is 22.7. The lowest BCUT2D eigenvalue weighted by Crippen LogP contribution is -2.57. The zero-order chi connectivity index (χ0) is 29.3. The highest BCUT2D eigenvalue weighted by Crippen LogP contribution is 2.08. The summed E-state index contributed by atoms with van der Waals surface area (Å²) < 4.78 is 0. The number of rotatable bonds is 19. The van der Waals surface area contributed by atoms with Gasteiger partial charge >= 0.3 is 5.97 Å². The number of hydrogen-bond acceptors (Lipinski definition) is 8. The molecular formula is C27H42N8O5. The van der Waals surface area contributed by atoms with Crippen molar-refractivity contribution in [2.24, 2.45) is 17.2 Å². The number of aromatic nitrogens is 2. The van der Waals surface area contributed by atoms with Crippen molar-refractivity contribution in [3.8, 4) is 0 Å². The predicted octanol–water partition coefficient (Wildman–Crippen LogP) is -0.681. The van der Waals surface area contributed by atoms with E-state index in [4.69, 9.17) is 17.2 Å². The maximum absolute atomic E-state index is 13.4. The number of amides is 3. The van der Waals surface area contributed by atoms with Gasteiger partial charge in [-0.2, -0.15) is 0 Å². The topological polar surface area (TPSA) is 231 Å². The first-order valence-corrected chi connectivity index (χ1v) is 13.6. The van der Waals surface area contributed by atoms with Crippen molar-refractivity contribution in [1.29, 1.82) is 0 Å². The largest absolute Gasteiger partial charge is 0.480 e. The number of H-pyrrole nitrogens is 1. The summed E-state index contributed by atoms with van der Waals surface area (Å²) in [5, 5.41) is 17.5. The van der Waals surface area contributed by atoms with E-state index in [1.807, 2.05) is 30.3 Å². The molecule has 1 aromatic carbocycles. The summed E-state index contributed by atoms with van der Waals surface area (Å²) in [7, 11) is 0. The summed E-state index contributed by atoms with van der Waals surface area (Å²) in [4.78, 5) is 58.1. The molecule has 0 fully saturated rings. The highest BCUT2D eigenvalue weighted by Gasteiger charge is 2.30. The molecule has 0 saturated carbocycles. The molecule has 4 unspecified atom stereocenters. The molecule has 13 nitrogen and oxygen atoms in total. The molecule has 2 rings (SSSR count). The van der Waals surface area contributed by atoms with E-state index in [2.05, 4.69) is 25.9 Å². The Bertz CT molecular complexity index is 1050. The molecule has 0 radical (unpaired) electrons. The van der Waals surface area contributed by atoms with Crippen LogP contribution in [0.4, 0.5) is 0 Å². The van der Waals surface area contributed by atoms with Crippen LogP contribution in [-0.4, -0.2) is 76.0 Å². The summed E-state index contributed by atoms with van der Waals surface area (Å²) in [6.07, 6.45) is 6.06. The maximum Gasteiger partial charge on any atom is 0.326 e. The van der Waals surface area contributed by atoms with Crippen molar-refractivity contribution >= 4 is 23.7 Å². The van der Waals surface area contributed by atoms with Gasteiger partial charge in [0.05, 0.1) is 12.4 Å². The van der Waals surface area contributed by atoms with Crippen LogP contribution in [0.2, 0.25) is 0 Å². The van der Waals surface area contributed by atoms with Gasteiger partial charge in [-0.1, -0.05) is 30.3 Å². The minimum atomic E-state index is -1.18. The van der Waals surface area contributed by atoms with E-state index in [-0.39, 0.29) is 25.7 Å². The monoisotopic (exact) mass is 558 g/mol. The van der Waals surface area contributed by atoms with Gasteiger partial charge in [0.1, 0.15) is 18.1 Å². The molecule has 0 bridgehead atoms. The Morgan fingerprint density at radius 3 is 1.95 bits per heavy atom. The first kappa shape index (κ1) is 32.4. The van der Waals surface area contributed by atoms with Gasteiger partial charge in [-0.05, 0) is 63.6 Å². The molecule has 1 aromatic heterocycles. The fourth-order valence-electron chi connectivity index (χ4n) is 4.12. The highest BCUT2D eigenvalue weighted by molar-refractivity contribution is 5.94. The van der Waals surface area contributed by atoms with E-state index in [0.29, 0.717) is 44.5 Å². The van der Waals surface area contributed by atoms with Crippen LogP contribution < -0.4 is 33.2 Å². The van der Waals surface area contributed by atoms with Crippen molar-refractivity contribution in [3.05, 3.63) is 54.1 Å². The van der Waals surface area contributed by atoms with E-state index >= 15 is 0 Å². The lowest BCUT2D eigenvalue weighted by atomic mass is 10.0. The molecule has 220 valence electrons. The molecule has 0 aliphatic heterocycles. The van der Waals surface area contributed by atoms with Gasteiger partial charge < -0.3 is 43.2 Å². The Hall–Kier alpha value is -3.81. The number of aromatic amines is 1. The van der Waals surface area contributed by atoms with Gasteiger partial charge in [0.15, 0.2) is 0 Å². The lowest BCUT2D eigenvalue weighted by molar-refractivity contribution is -0.142. The first-order chi connectivity index (χ1) is 19.2. The fraction of sp³-hybridized carbons (Fsp3) is 0.519. The molecule has 0 saturated heterocycles. The number of carbonyl (C=O) groups excluding carboxylic acids is 3. The average Bonchev–Trinajstić information content (AvgIpc) is 3.45. The third-order valence-corrected chi connectivity index (χ3v) is 6.39. The second-order valence-corrected chi connectivity index (χ2v) is 9.67. The van der Waals surface area contributed by atoms with Gasteiger partial charge in [0.25, 0.3) is 0 Å². The third-order valence-electron chi connectivity index (χ3n) is 6.39. The van der Waals surface area contributed by atoms with Crippen LogP contribution in [0, 0.1) is 0 Å². The molecule has 3 amide bonds. The molecular weight excluding hydrogens is 516 g/mol. The molecule has 1 heterocycles. The van der Waals surface area contributed by atoms with Crippen LogP contribution in [0.1, 0.15) is 49.8 Å². The van der Waals surface area contributed by atoms with Gasteiger partial charge in [-0.25, -0.2) is 9.78 Å². The Labute approximate surface area is 234 Å². The number of unbranched alkanes of at least 4 members (excludes halogenated alkanes) is 2. The van der Waals surface area contributed by atoms with E-state index in [1.165, 1.54) is 12.5 Å². The van der Waals surface area contributed by atoms with E-state index in [1.54, 1.807) is 0 Å². The Balaban J connectivity index is 2.15. The number of aliphatic carboxylic acids is 1. The van der Waals surface area contributed by atoms with Crippen molar-refractivity contribution in [2.45, 2.75) is 75.5 Å². The molecule has 0 aliphatic rings. The second kappa shape index (κ2) is 17.7. The van der Waals surface area contributed by atoms with Gasteiger partial charge in [-0.15, -0.1) is 0 Å². The number of carbonyl (C=O) groups is 4. The normalized spacial score (nSPS) is 14.0. The Morgan fingerprint density at radius 2 is 1.38 bits per heavy atom. The molecule has 4 atom stereocenters. The Morgan fingerprint density at radius 1 is 0.800 bits per heavy atom. The quantitative estimate of drug-likeness (QED) is 0.102. The smallest absolute Gasteiger partial charge is 0.326 e. The van der Waals surface area contributed by atoms with Crippen molar-refractivity contribution in [2.75, 3.05) is 13.1 Å². The minimum Gasteiger partial charge on any atom is -0.480 e. The number of hydrogen-bond donors (Lipinski definition) is 8. The molecule has 13 heteroatoms.